The van der Waals surface area contributed by atoms with Crippen molar-refractivity contribution in [3.8, 4) is 16.9 Å². The van der Waals surface area contributed by atoms with Crippen molar-refractivity contribution in [2.75, 3.05) is 6.61 Å². The van der Waals surface area contributed by atoms with E-state index in [0.717, 1.165) is 29.9 Å². The normalized spacial score (nSPS) is 19.1. The van der Waals surface area contributed by atoms with E-state index in [-0.39, 0.29) is 18.2 Å². The highest BCUT2D eigenvalue weighted by molar-refractivity contribution is 5.67. The molecule has 4 heteroatoms. The molecule has 1 atom stereocenters. The van der Waals surface area contributed by atoms with Crippen LogP contribution in [0.1, 0.15) is 61.6 Å². The Morgan fingerprint density at radius 2 is 1.74 bits per heavy atom. The lowest BCUT2D eigenvalue weighted by Crippen LogP contribution is -2.20. The number of halogens is 1. The molecule has 1 aliphatic rings. The summed E-state index contributed by atoms with van der Waals surface area (Å²) >= 11 is 0. The van der Waals surface area contributed by atoms with Gasteiger partial charge in [0, 0.05) is 12.0 Å². The SMILES string of the molecule is CCC1CCC(c2ccc(-c3ccc(CC(CO)OCc4ccccc4)c(O)c3)c(F)c2)CC1. The van der Waals surface area contributed by atoms with Crippen molar-refractivity contribution in [2.45, 2.75) is 64.1 Å². The average molecular weight is 463 g/mol. The van der Waals surface area contributed by atoms with E-state index >= 15 is 4.39 Å². The van der Waals surface area contributed by atoms with Crippen molar-refractivity contribution in [1.29, 1.82) is 0 Å². The lowest BCUT2D eigenvalue weighted by Gasteiger charge is -2.28. The fraction of sp³-hybridized carbons (Fsp3) is 0.400. The van der Waals surface area contributed by atoms with Crippen LogP contribution in [0.2, 0.25) is 0 Å². The fourth-order valence-electron chi connectivity index (χ4n) is 5.04. The first-order chi connectivity index (χ1) is 16.6. The summed E-state index contributed by atoms with van der Waals surface area (Å²) in [5.41, 5.74) is 3.91. The first-order valence-electron chi connectivity index (χ1n) is 12.5. The van der Waals surface area contributed by atoms with Crippen molar-refractivity contribution in [3.63, 3.8) is 0 Å². The van der Waals surface area contributed by atoms with Gasteiger partial charge in [-0.05, 0) is 71.9 Å². The predicted octanol–water partition coefficient (Wildman–Crippen LogP) is 7.00. The second-order valence-electron chi connectivity index (χ2n) is 9.51. The van der Waals surface area contributed by atoms with Crippen LogP contribution in [0, 0.1) is 11.7 Å². The standard InChI is InChI=1S/C30H35FO3/c1-2-21-8-10-23(11-9-21)24-14-15-28(29(31)17-24)25-12-13-26(30(33)18-25)16-27(19-32)34-20-22-6-4-3-5-7-22/h3-7,12-15,17-18,21,23,27,32-33H,2,8-11,16,19-20H2,1H3. The zero-order valence-corrected chi connectivity index (χ0v) is 19.9. The maximum Gasteiger partial charge on any atom is 0.131 e. The largest absolute Gasteiger partial charge is 0.508 e. The number of aliphatic hydroxyl groups is 1. The van der Waals surface area contributed by atoms with Crippen molar-refractivity contribution < 1.29 is 19.3 Å². The van der Waals surface area contributed by atoms with Crippen molar-refractivity contribution in [2.24, 2.45) is 5.92 Å². The van der Waals surface area contributed by atoms with Crippen LogP contribution in [0.4, 0.5) is 4.39 Å². The van der Waals surface area contributed by atoms with E-state index in [9.17, 15) is 10.2 Å². The highest BCUT2D eigenvalue weighted by Crippen LogP contribution is 2.38. The van der Waals surface area contributed by atoms with Crippen LogP contribution in [0.5, 0.6) is 5.75 Å². The van der Waals surface area contributed by atoms with E-state index < -0.39 is 6.10 Å². The summed E-state index contributed by atoms with van der Waals surface area (Å²) in [7, 11) is 0. The smallest absolute Gasteiger partial charge is 0.131 e. The molecule has 0 bridgehead atoms. The summed E-state index contributed by atoms with van der Waals surface area (Å²) in [6, 6.07) is 20.5. The van der Waals surface area contributed by atoms with Crippen LogP contribution in [0.3, 0.4) is 0 Å². The van der Waals surface area contributed by atoms with E-state index in [1.807, 2.05) is 48.5 Å². The number of phenolic OH excluding ortho intramolecular Hbond substituents is 1. The molecule has 3 aromatic carbocycles. The van der Waals surface area contributed by atoms with Crippen molar-refractivity contribution >= 4 is 0 Å². The maximum atomic E-state index is 15.1. The molecule has 180 valence electrons. The predicted molar refractivity (Wildman–Crippen MR) is 134 cm³/mol. The first kappa shape index (κ1) is 24.4. The van der Waals surface area contributed by atoms with Gasteiger partial charge in [0.15, 0.2) is 0 Å². The summed E-state index contributed by atoms with van der Waals surface area (Å²) in [6.45, 7) is 2.49. The van der Waals surface area contributed by atoms with E-state index in [2.05, 4.69) is 6.92 Å². The monoisotopic (exact) mass is 462 g/mol. The molecule has 34 heavy (non-hydrogen) atoms. The van der Waals surface area contributed by atoms with E-state index in [4.69, 9.17) is 4.74 Å². The lowest BCUT2D eigenvalue weighted by atomic mass is 9.77. The third-order valence-electron chi connectivity index (χ3n) is 7.26. The number of rotatable bonds is 9. The third kappa shape index (κ3) is 6.05. The molecule has 0 heterocycles. The maximum absolute atomic E-state index is 15.1. The molecule has 3 aromatic rings. The Labute approximate surface area is 202 Å². The number of aromatic hydroxyl groups is 1. The molecule has 0 amide bonds. The highest BCUT2D eigenvalue weighted by atomic mass is 19.1. The van der Waals surface area contributed by atoms with Gasteiger partial charge in [0.2, 0.25) is 0 Å². The number of aliphatic hydroxyl groups excluding tert-OH is 1. The minimum Gasteiger partial charge on any atom is -0.508 e. The van der Waals surface area contributed by atoms with Gasteiger partial charge < -0.3 is 14.9 Å². The summed E-state index contributed by atoms with van der Waals surface area (Å²) < 4.78 is 20.9. The van der Waals surface area contributed by atoms with Crippen LogP contribution in [-0.2, 0) is 17.8 Å². The molecule has 2 N–H and O–H groups in total. The minimum atomic E-state index is -0.434. The van der Waals surface area contributed by atoms with Gasteiger partial charge >= 0.3 is 0 Å². The molecule has 0 aromatic heterocycles. The Hall–Kier alpha value is -2.69. The summed E-state index contributed by atoms with van der Waals surface area (Å²) in [5.74, 6) is 1.09. The van der Waals surface area contributed by atoms with Crippen molar-refractivity contribution in [1.82, 2.24) is 0 Å². The average Bonchev–Trinajstić information content (AvgIpc) is 2.88. The number of hydrogen-bond donors (Lipinski definition) is 2. The zero-order valence-electron chi connectivity index (χ0n) is 19.9. The molecular formula is C30H35FO3. The second kappa shape index (κ2) is 11.6. The molecule has 1 saturated carbocycles. The molecule has 0 spiro atoms. The van der Waals surface area contributed by atoms with Gasteiger partial charge in [-0.15, -0.1) is 0 Å². The Morgan fingerprint density at radius 3 is 2.38 bits per heavy atom. The number of hydrogen-bond acceptors (Lipinski definition) is 3. The Kier molecular flexibility index (Phi) is 8.36. The van der Waals surface area contributed by atoms with E-state index in [0.29, 0.717) is 35.6 Å². The molecule has 1 aliphatic carbocycles. The molecule has 4 rings (SSSR count). The van der Waals surface area contributed by atoms with E-state index in [1.54, 1.807) is 18.2 Å². The van der Waals surface area contributed by atoms with Crippen LogP contribution in [0.15, 0.2) is 66.7 Å². The van der Waals surface area contributed by atoms with Gasteiger partial charge in [0.1, 0.15) is 11.6 Å². The lowest BCUT2D eigenvalue weighted by molar-refractivity contribution is 0.00290. The van der Waals surface area contributed by atoms with Gasteiger partial charge in [0.25, 0.3) is 0 Å². The van der Waals surface area contributed by atoms with Gasteiger partial charge in [-0.1, -0.05) is 67.9 Å². The Bertz CT molecular complexity index is 1060. The number of ether oxygens (including phenoxy) is 1. The molecule has 1 fully saturated rings. The second-order valence-corrected chi connectivity index (χ2v) is 9.51. The quantitative estimate of drug-likeness (QED) is 0.360. The first-order valence-corrected chi connectivity index (χ1v) is 12.5. The zero-order chi connectivity index (χ0) is 23.9. The van der Waals surface area contributed by atoms with Gasteiger partial charge in [-0.2, -0.15) is 0 Å². The molecule has 3 nitrogen and oxygen atoms in total. The van der Waals surface area contributed by atoms with Crippen LogP contribution < -0.4 is 0 Å². The van der Waals surface area contributed by atoms with Gasteiger partial charge in [-0.3, -0.25) is 0 Å². The van der Waals surface area contributed by atoms with Crippen LogP contribution in [0.25, 0.3) is 11.1 Å². The Morgan fingerprint density at radius 1 is 0.971 bits per heavy atom. The summed E-state index contributed by atoms with van der Waals surface area (Å²) in [6.07, 6.45) is 5.88. The fourth-order valence-corrected chi connectivity index (χ4v) is 5.04. The molecule has 0 saturated heterocycles. The molecule has 0 aliphatic heterocycles. The Balaban J connectivity index is 1.42. The highest BCUT2D eigenvalue weighted by Gasteiger charge is 2.22. The van der Waals surface area contributed by atoms with E-state index in [1.165, 1.54) is 19.3 Å². The number of benzene rings is 3. The van der Waals surface area contributed by atoms with Gasteiger partial charge in [-0.25, -0.2) is 4.39 Å². The topological polar surface area (TPSA) is 49.7 Å². The van der Waals surface area contributed by atoms with Crippen molar-refractivity contribution in [3.05, 3.63) is 89.2 Å². The molecular weight excluding hydrogens is 427 g/mol. The minimum absolute atomic E-state index is 0.0839. The number of phenols is 1. The van der Waals surface area contributed by atoms with Crippen LogP contribution in [-0.4, -0.2) is 22.9 Å². The van der Waals surface area contributed by atoms with Gasteiger partial charge in [0.05, 0.1) is 19.3 Å². The third-order valence-corrected chi connectivity index (χ3v) is 7.26. The van der Waals surface area contributed by atoms with Crippen LogP contribution >= 0.6 is 0 Å². The summed E-state index contributed by atoms with van der Waals surface area (Å²) in [4.78, 5) is 0. The molecule has 0 radical (unpaired) electrons. The molecule has 1 unspecified atom stereocenters. The summed E-state index contributed by atoms with van der Waals surface area (Å²) in [5, 5.41) is 20.4.